The van der Waals surface area contributed by atoms with E-state index in [1.54, 1.807) is 12.4 Å². The zero-order valence-electron chi connectivity index (χ0n) is 22.8. The number of benzene rings is 3. The Kier molecular flexibility index (Phi) is 7.54. The maximum absolute atomic E-state index is 12.8. The van der Waals surface area contributed by atoms with Gasteiger partial charge < -0.3 is 25.2 Å². The Morgan fingerprint density at radius 1 is 0.854 bits per heavy atom. The first-order valence-electron chi connectivity index (χ1n) is 14.0. The number of amides is 3. The molecule has 3 heterocycles. The Morgan fingerprint density at radius 2 is 1.59 bits per heavy atom. The van der Waals surface area contributed by atoms with Crippen LogP contribution in [0.15, 0.2) is 103 Å². The van der Waals surface area contributed by atoms with Crippen LogP contribution in [-0.2, 0) is 23.3 Å². The van der Waals surface area contributed by atoms with Gasteiger partial charge in [-0.1, -0.05) is 54.6 Å². The van der Waals surface area contributed by atoms with E-state index >= 15 is 0 Å². The van der Waals surface area contributed by atoms with E-state index in [1.165, 1.54) is 11.3 Å². The summed E-state index contributed by atoms with van der Waals surface area (Å²) in [6, 6.07) is 29.8. The van der Waals surface area contributed by atoms with Gasteiger partial charge >= 0.3 is 12.1 Å². The van der Waals surface area contributed by atoms with Crippen LogP contribution < -0.4 is 15.5 Å². The summed E-state index contributed by atoms with van der Waals surface area (Å²) in [5.41, 5.74) is 6.21. The second-order valence-electron chi connectivity index (χ2n) is 10.6. The molecule has 2 N–H and O–H groups in total. The molecule has 208 valence electrons. The van der Waals surface area contributed by atoms with Crippen molar-refractivity contribution in [3.05, 3.63) is 120 Å². The fourth-order valence-electron chi connectivity index (χ4n) is 5.80. The lowest BCUT2D eigenvalue weighted by molar-refractivity contribution is 0.0791. The molecule has 1 aromatic heterocycles. The molecule has 8 heteroatoms. The summed E-state index contributed by atoms with van der Waals surface area (Å²) in [4.78, 5) is 33.4. The van der Waals surface area contributed by atoms with Gasteiger partial charge in [-0.05, 0) is 65.9 Å². The zero-order chi connectivity index (χ0) is 28.1. The number of pyridine rings is 1. The number of ether oxygens (including phenoxy) is 1. The second kappa shape index (κ2) is 11.7. The number of aromatic nitrogens is 1. The first-order chi connectivity index (χ1) is 20.1. The Hall–Kier alpha value is -4.85. The van der Waals surface area contributed by atoms with Crippen LogP contribution in [0.1, 0.15) is 29.5 Å². The average molecular weight is 548 g/mol. The number of rotatable bonds is 6. The van der Waals surface area contributed by atoms with Crippen molar-refractivity contribution in [3.8, 4) is 0 Å². The summed E-state index contributed by atoms with van der Waals surface area (Å²) >= 11 is 0. The maximum atomic E-state index is 12.8. The summed E-state index contributed by atoms with van der Waals surface area (Å²) in [5.74, 6) is 0. The van der Waals surface area contributed by atoms with E-state index in [1.807, 2.05) is 71.6 Å². The van der Waals surface area contributed by atoms with Gasteiger partial charge in [0.15, 0.2) is 0 Å². The van der Waals surface area contributed by atoms with Crippen molar-refractivity contribution >= 4 is 29.2 Å². The van der Waals surface area contributed by atoms with Crippen LogP contribution in [0.4, 0.5) is 26.7 Å². The largest absolute Gasteiger partial charge is 0.445 e. The summed E-state index contributed by atoms with van der Waals surface area (Å²) < 4.78 is 5.59. The van der Waals surface area contributed by atoms with Gasteiger partial charge in [0.1, 0.15) is 6.61 Å². The summed E-state index contributed by atoms with van der Waals surface area (Å²) in [6.07, 6.45) is 4.94. The van der Waals surface area contributed by atoms with Gasteiger partial charge in [0.2, 0.25) is 0 Å². The molecule has 1 saturated heterocycles. The Morgan fingerprint density at radius 3 is 2.34 bits per heavy atom. The average Bonchev–Trinajstić information content (AvgIpc) is 3.34. The number of fused-ring (bicyclic) bond motifs is 2. The van der Waals surface area contributed by atoms with Crippen LogP contribution in [0, 0.1) is 0 Å². The minimum absolute atomic E-state index is 0.0318. The Balaban J connectivity index is 1.08. The molecular weight excluding hydrogens is 514 g/mol. The molecular formula is C33H33N5O3. The molecule has 0 aliphatic carbocycles. The lowest BCUT2D eigenvalue weighted by Gasteiger charge is -2.39. The number of carbonyl (C=O) groups excluding carboxylic acids is 2. The zero-order valence-corrected chi connectivity index (χ0v) is 22.8. The van der Waals surface area contributed by atoms with Crippen LogP contribution in [0.3, 0.4) is 0 Å². The van der Waals surface area contributed by atoms with E-state index in [2.05, 4.69) is 44.8 Å². The lowest BCUT2D eigenvalue weighted by Crippen LogP contribution is -2.47. The van der Waals surface area contributed by atoms with E-state index in [9.17, 15) is 9.59 Å². The molecule has 0 saturated carbocycles. The normalized spacial score (nSPS) is 15.3. The number of urea groups is 1. The summed E-state index contributed by atoms with van der Waals surface area (Å²) in [6.45, 7) is 2.86. The Bertz CT molecular complexity index is 1490. The minimum atomic E-state index is -0.263. The van der Waals surface area contributed by atoms with Gasteiger partial charge in [0.05, 0.1) is 0 Å². The van der Waals surface area contributed by atoms with Gasteiger partial charge in [-0.25, -0.2) is 9.59 Å². The Labute approximate surface area is 240 Å². The molecule has 41 heavy (non-hydrogen) atoms. The molecule has 1 spiro atoms. The SMILES string of the molecule is O=C(NCc1cccnc1)Nc1ccc(N2CC3(CCN(C(=O)OCc4ccccc4)CC3)c3ccccc32)cc1. The number of carbonyl (C=O) groups is 2. The van der Waals surface area contributed by atoms with E-state index < -0.39 is 0 Å². The molecule has 4 aromatic rings. The van der Waals surface area contributed by atoms with Crippen molar-refractivity contribution in [2.45, 2.75) is 31.4 Å². The smallest absolute Gasteiger partial charge is 0.410 e. The third kappa shape index (κ3) is 5.87. The highest BCUT2D eigenvalue weighted by Gasteiger charge is 2.45. The molecule has 2 aliphatic heterocycles. The van der Waals surface area contributed by atoms with Gasteiger partial charge in [-0.2, -0.15) is 0 Å². The van der Waals surface area contributed by atoms with Crippen molar-refractivity contribution in [1.82, 2.24) is 15.2 Å². The highest BCUT2D eigenvalue weighted by Crippen LogP contribution is 2.49. The molecule has 6 rings (SSSR count). The second-order valence-corrected chi connectivity index (χ2v) is 10.6. The first-order valence-corrected chi connectivity index (χ1v) is 14.0. The van der Waals surface area contributed by atoms with E-state index in [0.717, 1.165) is 41.9 Å². The monoisotopic (exact) mass is 547 g/mol. The van der Waals surface area contributed by atoms with Crippen LogP contribution in [0.25, 0.3) is 0 Å². The van der Waals surface area contributed by atoms with Crippen LogP contribution >= 0.6 is 0 Å². The van der Waals surface area contributed by atoms with Crippen molar-refractivity contribution in [1.29, 1.82) is 0 Å². The number of nitrogens with one attached hydrogen (secondary N) is 2. The molecule has 0 bridgehead atoms. The number of anilines is 3. The molecule has 3 aromatic carbocycles. The quantitative estimate of drug-likeness (QED) is 0.299. The molecule has 8 nitrogen and oxygen atoms in total. The molecule has 1 fully saturated rings. The van der Waals surface area contributed by atoms with Gasteiger partial charge in [0, 0.05) is 61.0 Å². The summed E-state index contributed by atoms with van der Waals surface area (Å²) in [5, 5.41) is 5.76. The molecule has 0 unspecified atom stereocenters. The van der Waals surface area contributed by atoms with Crippen LogP contribution in [0.5, 0.6) is 0 Å². The minimum Gasteiger partial charge on any atom is -0.445 e. The third-order valence-electron chi connectivity index (χ3n) is 8.02. The molecule has 3 amide bonds. The predicted molar refractivity (Wildman–Crippen MR) is 159 cm³/mol. The number of likely N-dealkylation sites (tertiary alicyclic amines) is 1. The molecule has 0 radical (unpaired) electrons. The fourth-order valence-corrected chi connectivity index (χ4v) is 5.80. The topological polar surface area (TPSA) is 86.8 Å². The molecule has 0 atom stereocenters. The van der Waals surface area contributed by atoms with Crippen molar-refractivity contribution < 1.29 is 14.3 Å². The third-order valence-corrected chi connectivity index (χ3v) is 8.02. The number of hydrogen-bond donors (Lipinski definition) is 2. The van der Waals surface area contributed by atoms with E-state index in [4.69, 9.17) is 4.74 Å². The maximum Gasteiger partial charge on any atom is 0.410 e. The van der Waals surface area contributed by atoms with E-state index in [0.29, 0.717) is 19.6 Å². The van der Waals surface area contributed by atoms with Gasteiger partial charge in [-0.15, -0.1) is 0 Å². The molecule has 2 aliphatic rings. The summed E-state index contributed by atoms with van der Waals surface area (Å²) in [7, 11) is 0. The van der Waals surface area contributed by atoms with Crippen LogP contribution in [0.2, 0.25) is 0 Å². The van der Waals surface area contributed by atoms with Crippen molar-refractivity contribution in [2.24, 2.45) is 0 Å². The van der Waals surface area contributed by atoms with E-state index in [-0.39, 0.29) is 24.1 Å². The first kappa shape index (κ1) is 26.4. The van der Waals surface area contributed by atoms with Crippen molar-refractivity contribution in [2.75, 3.05) is 29.9 Å². The highest BCUT2D eigenvalue weighted by atomic mass is 16.6. The highest BCUT2D eigenvalue weighted by molar-refractivity contribution is 5.89. The predicted octanol–water partition coefficient (Wildman–Crippen LogP) is 6.23. The lowest BCUT2D eigenvalue weighted by atomic mass is 9.74. The van der Waals surface area contributed by atoms with Crippen molar-refractivity contribution in [3.63, 3.8) is 0 Å². The fraction of sp³-hybridized carbons (Fsp3) is 0.242. The standard InChI is InChI=1S/C33H33N5O3/c39-31(35-22-26-9-6-18-34-21-26)36-27-12-14-28(15-13-27)38-24-33(29-10-4-5-11-30(29)38)16-19-37(20-17-33)32(40)41-23-25-7-2-1-3-8-25/h1-15,18,21H,16-17,19-20,22-24H2,(H2,35,36,39). The number of hydrogen-bond acceptors (Lipinski definition) is 5. The number of piperidine rings is 1. The van der Waals surface area contributed by atoms with Crippen LogP contribution in [-0.4, -0.2) is 41.6 Å². The van der Waals surface area contributed by atoms with Gasteiger partial charge in [-0.3, -0.25) is 4.98 Å². The number of para-hydroxylation sites is 1. The van der Waals surface area contributed by atoms with Gasteiger partial charge in [0.25, 0.3) is 0 Å². The number of nitrogens with zero attached hydrogens (tertiary/aromatic N) is 3.